The molecule has 0 amide bonds. The van der Waals surface area contributed by atoms with Gasteiger partial charge < -0.3 is 10.4 Å². The molecular formula is C13H23N3O. The summed E-state index contributed by atoms with van der Waals surface area (Å²) in [5, 5.41) is 13.3. The quantitative estimate of drug-likeness (QED) is 0.797. The Morgan fingerprint density at radius 3 is 2.76 bits per heavy atom. The van der Waals surface area contributed by atoms with E-state index in [2.05, 4.69) is 29.1 Å². The highest BCUT2D eigenvalue weighted by atomic mass is 16.3. The van der Waals surface area contributed by atoms with Gasteiger partial charge in [-0.25, -0.2) is 9.97 Å². The number of aryl methyl sites for hydroxylation is 1. The molecule has 1 aromatic rings. The first-order valence-electron chi connectivity index (χ1n) is 6.15. The molecule has 0 saturated carbocycles. The largest absolute Gasteiger partial charge is 0.388 e. The lowest BCUT2D eigenvalue weighted by atomic mass is 9.95. The molecule has 0 spiro atoms. The molecule has 0 fully saturated rings. The maximum absolute atomic E-state index is 10.2. The van der Waals surface area contributed by atoms with E-state index in [0.717, 1.165) is 18.5 Å². The van der Waals surface area contributed by atoms with Crippen LogP contribution in [0.25, 0.3) is 0 Å². The molecule has 0 aliphatic carbocycles. The Morgan fingerprint density at radius 2 is 2.18 bits per heavy atom. The van der Waals surface area contributed by atoms with Crippen molar-refractivity contribution in [2.24, 2.45) is 5.92 Å². The first kappa shape index (κ1) is 13.9. The molecule has 0 radical (unpaired) electrons. The predicted molar refractivity (Wildman–Crippen MR) is 70.0 cm³/mol. The second kappa shape index (κ2) is 5.96. The number of nitrogens with one attached hydrogen (secondary N) is 1. The summed E-state index contributed by atoms with van der Waals surface area (Å²) >= 11 is 0. The minimum absolute atomic E-state index is 0.475. The normalized spacial score (nSPS) is 14.7. The van der Waals surface area contributed by atoms with Crippen molar-refractivity contribution in [3.05, 3.63) is 18.0 Å². The number of hydrogen-bond donors (Lipinski definition) is 2. The zero-order valence-corrected chi connectivity index (χ0v) is 11.2. The monoisotopic (exact) mass is 237 g/mol. The van der Waals surface area contributed by atoms with Crippen molar-refractivity contribution in [1.29, 1.82) is 0 Å². The fourth-order valence-corrected chi connectivity index (χ4v) is 1.49. The number of rotatable bonds is 6. The second-order valence-corrected chi connectivity index (χ2v) is 5.30. The molecule has 1 unspecified atom stereocenters. The van der Waals surface area contributed by atoms with Crippen LogP contribution in [0, 0.1) is 12.8 Å². The zero-order chi connectivity index (χ0) is 12.9. The lowest BCUT2D eigenvalue weighted by Crippen LogP contribution is -2.34. The van der Waals surface area contributed by atoms with Crippen molar-refractivity contribution in [2.75, 3.05) is 11.9 Å². The summed E-state index contributed by atoms with van der Waals surface area (Å²) < 4.78 is 0. The third kappa shape index (κ3) is 5.63. The fraction of sp³-hybridized carbons (Fsp3) is 0.692. The molecule has 1 aromatic heterocycles. The van der Waals surface area contributed by atoms with Gasteiger partial charge in [0.25, 0.3) is 0 Å². The van der Waals surface area contributed by atoms with Crippen LogP contribution in [-0.2, 0) is 0 Å². The summed E-state index contributed by atoms with van der Waals surface area (Å²) in [7, 11) is 0. The van der Waals surface area contributed by atoms with Gasteiger partial charge in [-0.3, -0.25) is 0 Å². The van der Waals surface area contributed by atoms with E-state index < -0.39 is 5.60 Å². The van der Waals surface area contributed by atoms with E-state index in [1.165, 1.54) is 0 Å². The Hall–Kier alpha value is -1.16. The molecule has 4 heteroatoms. The van der Waals surface area contributed by atoms with Gasteiger partial charge in [-0.1, -0.05) is 13.8 Å². The van der Waals surface area contributed by atoms with Gasteiger partial charge in [-0.2, -0.15) is 0 Å². The number of anilines is 1. The molecular weight excluding hydrogens is 214 g/mol. The molecule has 1 heterocycles. The minimum Gasteiger partial charge on any atom is -0.388 e. The molecule has 0 saturated heterocycles. The van der Waals surface area contributed by atoms with Crippen molar-refractivity contribution in [1.82, 2.24) is 9.97 Å². The van der Waals surface area contributed by atoms with E-state index in [1.54, 1.807) is 6.20 Å². The van der Waals surface area contributed by atoms with Crippen molar-refractivity contribution in [3.8, 4) is 0 Å². The van der Waals surface area contributed by atoms with Gasteiger partial charge in [-0.15, -0.1) is 0 Å². The van der Waals surface area contributed by atoms with E-state index in [-0.39, 0.29) is 0 Å². The highest BCUT2D eigenvalue weighted by molar-refractivity contribution is 5.25. The van der Waals surface area contributed by atoms with Crippen molar-refractivity contribution < 1.29 is 5.11 Å². The van der Waals surface area contributed by atoms with Crippen molar-refractivity contribution in [2.45, 2.75) is 46.1 Å². The number of aliphatic hydroxyl groups is 1. The second-order valence-electron chi connectivity index (χ2n) is 5.30. The molecule has 17 heavy (non-hydrogen) atoms. The topological polar surface area (TPSA) is 58.0 Å². The van der Waals surface area contributed by atoms with Crippen LogP contribution < -0.4 is 5.32 Å². The van der Waals surface area contributed by atoms with Crippen molar-refractivity contribution in [3.63, 3.8) is 0 Å². The van der Waals surface area contributed by atoms with Crippen LogP contribution in [0.2, 0.25) is 0 Å². The van der Waals surface area contributed by atoms with Crippen LogP contribution in [-0.4, -0.2) is 27.2 Å². The average molecular weight is 237 g/mol. The van der Waals surface area contributed by atoms with E-state index in [4.69, 9.17) is 0 Å². The maximum Gasteiger partial charge on any atom is 0.222 e. The summed E-state index contributed by atoms with van der Waals surface area (Å²) in [6.45, 7) is 8.56. The molecule has 0 bridgehead atoms. The molecule has 0 aromatic carbocycles. The van der Waals surface area contributed by atoms with Gasteiger partial charge in [0.1, 0.15) is 0 Å². The Morgan fingerprint density at radius 1 is 1.47 bits per heavy atom. The average Bonchev–Trinajstić information content (AvgIpc) is 2.24. The van der Waals surface area contributed by atoms with Gasteiger partial charge in [0.2, 0.25) is 5.95 Å². The Kier molecular flexibility index (Phi) is 4.87. The molecule has 1 rings (SSSR count). The number of aromatic nitrogens is 2. The van der Waals surface area contributed by atoms with Crippen LogP contribution >= 0.6 is 0 Å². The molecule has 1 atom stereocenters. The number of nitrogens with zero attached hydrogens (tertiary/aromatic N) is 2. The summed E-state index contributed by atoms with van der Waals surface area (Å²) in [6, 6.07) is 1.85. The third-order valence-electron chi connectivity index (χ3n) is 2.68. The maximum atomic E-state index is 10.2. The van der Waals surface area contributed by atoms with E-state index in [0.29, 0.717) is 18.4 Å². The molecule has 2 N–H and O–H groups in total. The van der Waals surface area contributed by atoms with Gasteiger partial charge in [0.15, 0.2) is 0 Å². The van der Waals surface area contributed by atoms with E-state index >= 15 is 0 Å². The van der Waals surface area contributed by atoms with E-state index in [9.17, 15) is 5.11 Å². The third-order valence-corrected chi connectivity index (χ3v) is 2.68. The summed E-state index contributed by atoms with van der Waals surface area (Å²) in [4.78, 5) is 8.34. The molecule has 0 aliphatic rings. The lowest BCUT2D eigenvalue weighted by Gasteiger charge is -2.24. The van der Waals surface area contributed by atoms with Gasteiger partial charge >= 0.3 is 0 Å². The first-order chi connectivity index (χ1) is 7.89. The van der Waals surface area contributed by atoms with Crippen LogP contribution in [0.1, 0.15) is 39.3 Å². The number of hydrogen-bond acceptors (Lipinski definition) is 4. The van der Waals surface area contributed by atoms with Gasteiger partial charge in [0, 0.05) is 18.4 Å². The molecule has 0 aliphatic heterocycles. The van der Waals surface area contributed by atoms with Crippen LogP contribution in [0.15, 0.2) is 12.3 Å². The van der Waals surface area contributed by atoms with Crippen LogP contribution in [0.4, 0.5) is 5.95 Å². The summed E-state index contributed by atoms with van der Waals surface area (Å²) in [6.07, 6.45) is 3.51. The first-order valence-corrected chi connectivity index (χ1v) is 6.15. The lowest BCUT2D eigenvalue weighted by molar-refractivity contribution is 0.0584. The Bertz CT molecular complexity index is 350. The standard InChI is InChI=1S/C13H23N3O/c1-10(2)5-7-13(4,17)9-15-12-14-8-6-11(3)16-12/h6,8,10,17H,5,7,9H2,1-4H3,(H,14,15,16). The Labute approximate surface area is 103 Å². The van der Waals surface area contributed by atoms with Gasteiger partial charge in [0.05, 0.1) is 5.60 Å². The SMILES string of the molecule is Cc1ccnc(NCC(C)(O)CCC(C)C)n1. The minimum atomic E-state index is -0.711. The zero-order valence-electron chi connectivity index (χ0n) is 11.2. The Balaban J connectivity index is 2.43. The van der Waals surface area contributed by atoms with Crippen molar-refractivity contribution >= 4 is 5.95 Å². The highest BCUT2D eigenvalue weighted by Gasteiger charge is 2.20. The smallest absolute Gasteiger partial charge is 0.222 e. The van der Waals surface area contributed by atoms with E-state index in [1.807, 2.05) is 19.9 Å². The molecule has 96 valence electrons. The van der Waals surface area contributed by atoms with Gasteiger partial charge in [-0.05, 0) is 38.7 Å². The fourth-order valence-electron chi connectivity index (χ4n) is 1.49. The van der Waals surface area contributed by atoms with Crippen LogP contribution in [0.3, 0.4) is 0 Å². The summed E-state index contributed by atoms with van der Waals surface area (Å²) in [5.74, 6) is 1.19. The molecule has 4 nitrogen and oxygen atoms in total. The highest BCUT2D eigenvalue weighted by Crippen LogP contribution is 2.16. The summed E-state index contributed by atoms with van der Waals surface area (Å²) in [5.41, 5.74) is 0.210. The van der Waals surface area contributed by atoms with Crippen LogP contribution in [0.5, 0.6) is 0 Å². The predicted octanol–water partition coefficient (Wildman–Crippen LogP) is 2.38.